The van der Waals surface area contributed by atoms with E-state index in [9.17, 15) is 14.4 Å². The molecule has 4 atom stereocenters. The number of amides is 4. The summed E-state index contributed by atoms with van der Waals surface area (Å²) in [5.41, 5.74) is 0.646. The molecule has 1 aliphatic heterocycles. The SMILES string of the molecule is Cc1ccc([C@@]2(C)NC(=O)N(CC(=O)N[C@@H]3CCC[C@H](C)[C@@H]3C)C2=O)cc1. The molecule has 1 aromatic rings. The first-order valence-electron chi connectivity index (χ1n) is 9.73. The molecule has 2 fully saturated rings. The van der Waals surface area contributed by atoms with E-state index in [2.05, 4.69) is 24.5 Å². The lowest BCUT2D eigenvalue weighted by atomic mass is 9.78. The molecule has 1 saturated heterocycles. The van der Waals surface area contributed by atoms with Gasteiger partial charge in [0.25, 0.3) is 5.91 Å². The van der Waals surface area contributed by atoms with Crippen LogP contribution in [0, 0.1) is 18.8 Å². The number of carbonyl (C=O) groups excluding carboxylic acids is 3. The Bertz CT molecular complexity index is 746. The lowest BCUT2D eigenvalue weighted by Gasteiger charge is -2.34. The highest BCUT2D eigenvalue weighted by molar-refractivity contribution is 6.09. The molecule has 1 aliphatic carbocycles. The van der Waals surface area contributed by atoms with Crippen LogP contribution in [0.3, 0.4) is 0 Å². The van der Waals surface area contributed by atoms with Gasteiger partial charge in [0.05, 0.1) is 0 Å². The van der Waals surface area contributed by atoms with Gasteiger partial charge in [0.15, 0.2) is 0 Å². The number of rotatable bonds is 4. The highest BCUT2D eigenvalue weighted by Gasteiger charge is 2.49. The minimum absolute atomic E-state index is 0.102. The number of imide groups is 1. The maximum atomic E-state index is 12.9. The zero-order chi connectivity index (χ0) is 19.8. The number of nitrogens with zero attached hydrogens (tertiary/aromatic N) is 1. The Morgan fingerprint density at radius 3 is 2.56 bits per heavy atom. The minimum atomic E-state index is -1.14. The van der Waals surface area contributed by atoms with Crippen molar-refractivity contribution in [1.29, 1.82) is 0 Å². The zero-order valence-electron chi connectivity index (χ0n) is 16.5. The Hall–Kier alpha value is -2.37. The van der Waals surface area contributed by atoms with Crippen molar-refractivity contribution in [2.24, 2.45) is 11.8 Å². The molecule has 0 spiro atoms. The Kier molecular flexibility index (Phi) is 5.27. The predicted octanol–water partition coefficient (Wildman–Crippen LogP) is 2.70. The van der Waals surface area contributed by atoms with Crippen molar-refractivity contribution < 1.29 is 14.4 Å². The summed E-state index contributed by atoms with van der Waals surface area (Å²) in [5, 5.41) is 5.78. The topological polar surface area (TPSA) is 78.5 Å². The van der Waals surface area contributed by atoms with Gasteiger partial charge in [-0.15, -0.1) is 0 Å². The lowest BCUT2D eigenvalue weighted by Crippen LogP contribution is -2.48. The third kappa shape index (κ3) is 3.70. The van der Waals surface area contributed by atoms with Gasteiger partial charge in [-0.05, 0) is 37.7 Å². The first kappa shape index (κ1) is 19.4. The van der Waals surface area contributed by atoms with Crippen molar-refractivity contribution in [2.45, 2.75) is 58.5 Å². The fourth-order valence-electron chi connectivity index (χ4n) is 4.10. The van der Waals surface area contributed by atoms with Crippen molar-refractivity contribution in [2.75, 3.05) is 6.54 Å². The van der Waals surface area contributed by atoms with E-state index in [0.29, 0.717) is 17.4 Å². The first-order chi connectivity index (χ1) is 12.7. The van der Waals surface area contributed by atoms with Crippen LogP contribution in [0.4, 0.5) is 4.79 Å². The van der Waals surface area contributed by atoms with Crippen LogP contribution in [0.25, 0.3) is 0 Å². The second kappa shape index (κ2) is 7.33. The molecule has 3 rings (SSSR count). The summed E-state index contributed by atoms with van der Waals surface area (Å²) in [6.45, 7) is 7.75. The fraction of sp³-hybridized carbons (Fsp3) is 0.571. The molecular weight excluding hydrogens is 342 g/mol. The van der Waals surface area contributed by atoms with Crippen LogP contribution in [0.2, 0.25) is 0 Å². The molecule has 6 heteroatoms. The second-order valence-electron chi connectivity index (χ2n) is 8.25. The van der Waals surface area contributed by atoms with Gasteiger partial charge in [-0.2, -0.15) is 0 Å². The Morgan fingerprint density at radius 1 is 1.22 bits per heavy atom. The average Bonchev–Trinajstić information content (AvgIpc) is 2.83. The van der Waals surface area contributed by atoms with Crippen LogP contribution >= 0.6 is 0 Å². The first-order valence-corrected chi connectivity index (χ1v) is 9.73. The summed E-state index contributed by atoms with van der Waals surface area (Å²) in [5.74, 6) is 0.281. The summed E-state index contributed by atoms with van der Waals surface area (Å²) < 4.78 is 0. The summed E-state index contributed by atoms with van der Waals surface area (Å²) in [7, 11) is 0. The number of carbonyl (C=O) groups is 3. The summed E-state index contributed by atoms with van der Waals surface area (Å²) in [4.78, 5) is 38.9. The van der Waals surface area contributed by atoms with E-state index in [4.69, 9.17) is 0 Å². The fourth-order valence-corrected chi connectivity index (χ4v) is 4.10. The number of aryl methyl sites for hydroxylation is 1. The van der Waals surface area contributed by atoms with Crippen molar-refractivity contribution in [3.8, 4) is 0 Å². The van der Waals surface area contributed by atoms with Crippen LogP contribution in [-0.4, -0.2) is 35.3 Å². The van der Waals surface area contributed by atoms with Crippen LogP contribution in [-0.2, 0) is 15.1 Å². The Labute approximate surface area is 160 Å². The van der Waals surface area contributed by atoms with Gasteiger partial charge in [-0.25, -0.2) is 4.79 Å². The van der Waals surface area contributed by atoms with Crippen molar-refractivity contribution >= 4 is 17.8 Å². The van der Waals surface area contributed by atoms with Gasteiger partial charge >= 0.3 is 6.03 Å². The predicted molar refractivity (Wildman–Crippen MR) is 103 cm³/mol. The molecule has 4 amide bonds. The van der Waals surface area contributed by atoms with E-state index in [1.165, 1.54) is 6.42 Å². The molecule has 146 valence electrons. The summed E-state index contributed by atoms with van der Waals surface area (Å²) in [6, 6.07) is 7.06. The van der Waals surface area contributed by atoms with E-state index in [1.807, 2.05) is 31.2 Å². The van der Waals surface area contributed by atoms with Gasteiger partial charge in [-0.3, -0.25) is 14.5 Å². The lowest BCUT2D eigenvalue weighted by molar-refractivity contribution is -0.135. The van der Waals surface area contributed by atoms with Gasteiger partial charge in [0.1, 0.15) is 12.1 Å². The third-order valence-corrected chi connectivity index (χ3v) is 6.26. The van der Waals surface area contributed by atoms with Gasteiger partial charge < -0.3 is 10.6 Å². The quantitative estimate of drug-likeness (QED) is 0.799. The van der Waals surface area contributed by atoms with E-state index in [-0.39, 0.29) is 18.5 Å². The molecule has 2 N–H and O–H groups in total. The zero-order valence-corrected chi connectivity index (χ0v) is 16.5. The van der Waals surface area contributed by atoms with Crippen molar-refractivity contribution in [3.05, 3.63) is 35.4 Å². The number of hydrogen-bond acceptors (Lipinski definition) is 3. The van der Waals surface area contributed by atoms with E-state index < -0.39 is 17.5 Å². The van der Waals surface area contributed by atoms with E-state index in [1.54, 1.807) is 6.92 Å². The monoisotopic (exact) mass is 371 g/mol. The highest BCUT2D eigenvalue weighted by atomic mass is 16.2. The Balaban J connectivity index is 1.68. The van der Waals surface area contributed by atoms with E-state index in [0.717, 1.165) is 23.3 Å². The number of urea groups is 1. The van der Waals surface area contributed by atoms with Gasteiger partial charge in [-0.1, -0.05) is 56.5 Å². The van der Waals surface area contributed by atoms with Crippen LogP contribution in [0.15, 0.2) is 24.3 Å². The smallest absolute Gasteiger partial charge is 0.325 e. The molecule has 2 aliphatic rings. The summed E-state index contributed by atoms with van der Waals surface area (Å²) in [6.07, 6.45) is 3.21. The van der Waals surface area contributed by atoms with Crippen molar-refractivity contribution in [1.82, 2.24) is 15.5 Å². The molecule has 6 nitrogen and oxygen atoms in total. The molecular formula is C21H29N3O3. The molecule has 1 heterocycles. The molecule has 0 radical (unpaired) electrons. The second-order valence-corrected chi connectivity index (χ2v) is 8.25. The van der Waals surface area contributed by atoms with Crippen LogP contribution in [0.1, 0.15) is 51.2 Å². The number of hydrogen-bond donors (Lipinski definition) is 2. The molecule has 1 aromatic carbocycles. The largest absolute Gasteiger partial charge is 0.352 e. The Morgan fingerprint density at radius 2 is 1.89 bits per heavy atom. The molecule has 0 unspecified atom stereocenters. The average molecular weight is 371 g/mol. The van der Waals surface area contributed by atoms with Gasteiger partial charge in [0, 0.05) is 6.04 Å². The summed E-state index contributed by atoms with van der Waals surface area (Å²) >= 11 is 0. The molecule has 27 heavy (non-hydrogen) atoms. The molecule has 0 aromatic heterocycles. The number of benzene rings is 1. The van der Waals surface area contributed by atoms with Gasteiger partial charge in [0.2, 0.25) is 5.91 Å². The molecule has 1 saturated carbocycles. The maximum Gasteiger partial charge on any atom is 0.325 e. The molecule has 0 bridgehead atoms. The van der Waals surface area contributed by atoms with E-state index >= 15 is 0 Å². The van der Waals surface area contributed by atoms with Crippen LogP contribution in [0.5, 0.6) is 0 Å². The third-order valence-electron chi connectivity index (χ3n) is 6.26. The normalized spacial score (nSPS) is 31.0. The van der Waals surface area contributed by atoms with Crippen LogP contribution < -0.4 is 10.6 Å². The standard InChI is InChI=1S/C21H29N3O3/c1-13-8-10-16(11-9-13)21(4)19(26)24(20(27)23-21)12-18(25)22-17-7-5-6-14(2)15(17)3/h8-11,14-15,17H,5-7,12H2,1-4H3,(H,22,25)(H,23,27)/t14-,15-,17+,21+/m0/s1. The highest BCUT2D eigenvalue weighted by Crippen LogP contribution is 2.30. The number of nitrogens with one attached hydrogen (secondary N) is 2. The maximum absolute atomic E-state index is 12.9. The minimum Gasteiger partial charge on any atom is -0.352 e. The van der Waals surface area contributed by atoms with Crippen molar-refractivity contribution in [3.63, 3.8) is 0 Å².